The Morgan fingerprint density at radius 3 is 2.20 bits per heavy atom. The van der Waals surface area contributed by atoms with E-state index >= 15 is 0 Å². The summed E-state index contributed by atoms with van der Waals surface area (Å²) < 4.78 is 22.0. The predicted molar refractivity (Wildman–Crippen MR) is 56.1 cm³/mol. The topological polar surface area (TPSA) is 36.9 Å². The van der Waals surface area contributed by atoms with Crippen LogP contribution in [0.2, 0.25) is 0 Å². The molecule has 1 fully saturated rings. The Morgan fingerprint density at radius 1 is 1.13 bits per heavy atom. The Balaban J connectivity index is 2.12. The van der Waals surface area contributed by atoms with Gasteiger partial charge in [-0.15, -0.1) is 0 Å². The number of hydrogen-bond acceptors (Lipinski definition) is 4. The lowest BCUT2D eigenvalue weighted by Crippen LogP contribution is -2.41. The predicted octanol–water partition coefficient (Wildman–Crippen LogP) is 1.51. The van der Waals surface area contributed by atoms with Crippen molar-refractivity contribution in [1.29, 1.82) is 0 Å². The molecule has 2 aliphatic rings. The van der Waals surface area contributed by atoms with Crippen LogP contribution < -0.4 is 0 Å². The van der Waals surface area contributed by atoms with Crippen molar-refractivity contribution >= 4 is 7.12 Å². The van der Waals surface area contributed by atoms with Crippen LogP contribution in [0.15, 0.2) is 11.7 Å². The molecule has 0 spiro atoms. The molecule has 0 aliphatic carbocycles. The van der Waals surface area contributed by atoms with Gasteiger partial charge in [0.1, 0.15) is 0 Å². The zero-order valence-corrected chi connectivity index (χ0v) is 9.70. The minimum absolute atomic E-state index is 0.309. The van der Waals surface area contributed by atoms with Gasteiger partial charge >= 0.3 is 7.12 Å². The highest BCUT2D eigenvalue weighted by Gasteiger charge is 2.52. The van der Waals surface area contributed by atoms with Crippen LogP contribution in [0.25, 0.3) is 0 Å². The normalized spacial score (nSPS) is 28.5. The second-order valence-electron chi connectivity index (χ2n) is 4.91. The maximum Gasteiger partial charge on any atom is 0.496 e. The average Bonchev–Trinajstić information content (AvgIpc) is 2.38. The van der Waals surface area contributed by atoms with Gasteiger partial charge in [-0.1, -0.05) is 0 Å². The maximum atomic E-state index is 5.85. The fourth-order valence-electron chi connectivity index (χ4n) is 1.50. The first-order valence-corrected chi connectivity index (χ1v) is 5.16. The first-order chi connectivity index (χ1) is 6.92. The Labute approximate surface area is 90.7 Å². The third-order valence-corrected chi connectivity index (χ3v) is 3.21. The van der Waals surface area contributed by atoms with Crippen molar-refractivity contribution in [2.45, 2.75) is 38.9 Å². The van der Waals surface area contributed by atoms with Crippen LogP contribution in [0.3, 0.4) is 0 Å². The van der Waals surface area contributed by atoms with Crippen LogP contribution in [0, 0.1) is 0 Å². The molecule has 5 heteroatoms. The quantitative estimate of drug-likeness (QED) is 0.617. The Kier molecular flexibility index (Phi) is 2.57. The van der Waals surface area contributed by atoms with E-state index in [-0.39, 0.29) is 18.3 Å². The molecule has 0 aromatic rings. The fourth-order valence-corrected chi connectivity index (χ4v) is 1.50. The summed E-state index contributed by atoms with van der Waals surface area (Å²) in [4.78, 5) is 0. The molecule has 1 saturated heterocycles. The summed E-state index contributed by atoms with van der Waals surface area (Å²) >= 11 is 0. The van der Waals surface area contributed by atoms with E-state index in [9.17, 15) is 0 Å². The second-order valence-corrected chi connectivity index (χ2v) is 4.91. The molecule has 0 aromatic carbocycles. The minimum Gasteiger partial charge on any atom is -0.476 e. The molecule has 0 atom stereocenters. The first kappa shape index (κ1) is 11.0. The van der Waals surface area contributed by atoms with Crippen LogP contribution in [0.4, 0.5) is 0 Å². The molecular weight excluding hydrogens is 195 g/mol. The van der Waals surface area contributed by atoms with E-state index in [0.717, 1.165) is 5.47 Å². The van der Waals surface area contributed by atoms with Crippen LogP contribution >= 0.6 is 0 Å². The number of ether oxygens (including phenoxy) is 2. The SMILES string of the molecule is CC1(C)OB(C2=COCOC2)OC1(C)C. The van der Waals surface area contributed by atoms with Gasteiger partial charge in [0.15, 0.2) is 6.79 Å². The van der Waals surface area contributed by atoms with Gasteiger partial charge in [0, 0.05) is 5.47 Å². The highest BCUT2D eigenvalue weighted by Crippen LogP contribution is 2.38. The highest BCUT2D eigenvalue weighted by molar-refractivity contribution is 6.54. The van der Waals surface area contributed by atoms with E-state index in [1.807, 2.05) is 27.7 Å². The summed E-state index contributed by atoms with van der Waals surface area (Å²) in [6, 6.07) is 0. The maximum absolute atomic E-state index is 5.85. The molecule has 4 nitrogen and oxygen atoms in total. The van der Waals surface area contributed by atoms with Gasteiger partial charge < -0.3 is 18.8 Å². The molecule has 0 amide bonds. The monoisotopic (exact) mass is 212 g/mol. The van der Waals surface area contributed by atoms with Gasteiger partial charge in [0.05, 0.1) is 24.1 Å². The molecule has 0 unspecified atom stereocenters. The van der Waals surface area contributed by atoms with Gasteiger partial charge in [-0.05, 0) is 27.7 Å². The zero-order valence-electron chi connectivity index (χ0n) is 9.70. The summed E-state index contributed by atoms with van der Waals surface area (Å²) in [5.41, 5.74) is 0.284. The van der Waals surface area contributed by atoms with E-state index in [1.165, 1.54) is 0 Å². The minimum atomic E-state index is -0.352. The van der Waals surface area contributed by atoms with Crippen molar-refractivity contribution in [2.75, 3.05) is 13.4 Å². The van der Waals surface area contributed by atoms with Crippen LogP contribution in [0.5, 0.6) is 0 Å². The number of hydrogen-bond donors (Lipinski definition) is 0. The van der Waals surface area contributed by atoms with E-state index in [1.54, 1.807) is 6.26 Å². The lowest BCUT2D eigenvalue weighted by Gasteiger charge is -2.32. The third-order valence-electron chi connectivity index (χ3n) is 3.21. The lowest BCUT2D eigenvalue weighted by atomic mass is 9.79. The van der Waals surface area contributed by atoms with Crippen molar-refractivity contribution in [3.63, 3.8) is 0 Å². The largest absolute Gasteiger partial charge is 0.496 e. The summed E-state index contributed by atoms with van der Waals surface area (Å²) in [5.74, 6) is 0. The Hall–Kier alpha value is -0.515. The van der Waals surface area contributed by atoms with Crippen molar-refractivity contribution in [3.05, 3.63) is 11.7 Å². The van der Waals surface area contributed by atoms with Crippen LogP contribution in [-0.4, -0.2) is 31.7 Å². The smallest absolute Gasteiger partial charge is 0.476 e. The molecule has 15 heavy (non-hydrogen) atoms. The second kappa shape index (κ2) is 3.51. The molecule has 2 aliphatic heterocycles. The van der Waals surface area contributed by atoms with Crippen molar-refractivity contribution in [2.24, 2.45) is 0 Å². The summed E-state index contributed by atoms with van der Waals surface area (Å²) in [6.07, 6.45) is 1.67. The van der Waals surface area contributed by atoms with Gasteiger partial charge in [0.25, 0.3) is 0 Å². The summed E-state index contributed by atoms with van der Waals surface area (Å²) in [5, 5.41) is 0. The summed E-state index contributed by atoms with van der Waals surface area (Å²) in [6.45, 7) is 8.92. The molecular formula is C10H17BO4. The zero-order chi connectivity index (χ0) is 11.1. The van der Waals surface area contributed by atoms with E-state index in [2.05, 4.69) is 0 Å². The number of rotatable bonds is 1. The molecule has 2 heterocycles. The van der Waals surface area contributed by atoms with Gasteiger partial charge in [-0.3, -0.25) is 0 Å². The Morgan fingerprint density at radius 2 is 1.73 bits per heavy atom. The van der Waals surface area contributed by atoms with Gasteiger partial charge in [-0.25, -0.2) is 0 Å². The standard InChI is InChI=1S/C10H17BO4/c1-9(2)10(3,4)15-11(14-9)8-5-12-7-13-6-8/h5H,6-7H2,1-4H3. The van der Waals surface area contributed by atoms with Crippen molar-refractivity contribution < 1.29 is 18.8 Å². The van der Waals surface area contributed by atoms with Crippen LogP contribution in [-0.2, 0) is 18.8 Å². The van der Waals surface area contributed by atoms with Crippen LogP contribution in [0.1, 0.15) is 27.7 Å². The molecule has 0 bridgehead atoms. The van der Waals surface area contributed by atoms with Crippen molar-refractivity contribution in [1.82, 2.24) is 0 Å². The van der Waals surface area contributed by atoms with E-state index in [4.69, 9.17) is 18.8 Å². The first-order valence-electron chi connectivity index (χ1n) is 5.16. The molecule has 0 N–H and O–H groups in total. The molecule has 84 valence electrons. The lowest BCUT2D eigenvalue weighted by molar-refractivity contribution is -0.0191. The van der Waals surface area contributed by atoms with E-state index in [0.29, 0.717) is 13.4 Å². The highest BCUT2D eigenvalue weighted by atomic mass is 16.7. The van der Waals surface area contributed by atoms with Gasteiger partial charge in [0.2, 0.25) is 0 Å². The average molecular weight is 212 g/mol. The van der Waals surface area contributed by atoms with E-state index < -0.39 is 0 Å². The molecule has 0 radical (unpaired) electrons. The molecule has 0 saturated carbocycles. The summed E-state index contributed by atoms with van der Waals surface area (Å²) in [7, 11) is -0.352. The third kappa shape index (κ3) is 1.91. The molecule has 0 aromatic heterocycles. The van der Waals surface area contributed by atoms with Crippen molar-refractivity contribution in [3.8, 4) is 0 Å². The fraction of sp³-hybridized carbons (Fsp3) is 0.800. The van der Waals surface area contributed by atoms with Gasteiger partial charge in [-0.2, -0.15) is 0 Å². The molecule has 2 rings (SSSR count). The Bertz CT molecular complexity index is 269.